The smallest absolute Gasteiger partial charge is 0.345 e. The molecule has 0 aliphatic heterocycles. The van der Waals surface area contributed by atoms with E-state index in [0.29, 0.717) is 17.6 Å². The van der Waals surface area contributed by atoms with E-state index in [9.17, 15) is 27.6 Å². The standard InChI is InChI=1S/C15H17F3N4O3/c1-2-21-10-5-3-4-6-11(10)22(14(21)25)8-13(24)19-7-12(23)20-9-15(16,17)18/h3-6H,2,7-9H2,1H3,(H,19,24)(H,20,23). The van der Waals surface area contributed by atoms with Crippen LogP contribution in [0.15, 0.2) is 29.1 Å². The van der Waals surface area contributed by atoms with E-state index in [4.69, 9.17) is 0 Å². The Morgan fingerprint density at radius 2 is 1.64 bits per heavy atom. The van der Waals surface area contributed by atoms with Crippen molar-refractivity contribution >= 4 is 22.8 Å². The number of alkyl halides is 3. The van der Waals surface area contributed by atoms with E-state index in [1.165, 1.54) is 9.13 Å². The van der Waals surface area contributed by atoms with E-state index >= 15 is 0 Å². The number of para-hydroxylation sites is 2. The van der Waals surface area contributed by atoms with Crippen molar-refractivity contribution in [2.75, 3.05) is 13.1 Å². The summed E-state index contributed by atoms with van der Waals surface area (Å²) in [6, 6.07) is 6.93. The molecule has 136 valence electrons. The predicted octanol–water partition coefficient (Wildman–Crippen LogP) is 0.618. The highest BCUT2D eigenvalue weighted by molar-refractivity contribution is 5.85. The highest BCUT2D eigenvalue weighted by Gasteiger charge is 2.27. The van der Waals surface area contributed by atoms with Gasteiger partial charge in [-0.05, 0) is 19.1 Å². The molecule has 0 aliphatic rings. The molecule has 0 spiro atoms. The Morgan fingerprint density at radius 3 is 2.20 bits per heavy atom. The molecule has 0 saturated heterocycles. The van der Waals surface area contributed by atoms with Crippen LogP contribution in [0.5, 0.6) is 0 Å². The van der Waals surface area contributed by atoms with Crippen molar-refractivity contribution in [1.29, 1.82) is 0 Å². The summed E-state index contributed by atoms with van der Waals surface area (Å²) in [5.74, 6) is -1.61. The fraction of sp³-hybridized carbons (Fsp3) is 0.400. The number of nitrogens with one attached hydrogen (secondary N) is 2. The molecule has 0 bridgehead atoms. The first kappa shape index (κ1) is 18.6. The Labute approximate surface area is 140 Å². The van der Waals surface area contributed by atoms with Crippen molar-refractivity contribution in [1.82, 2.24) is 19.8 Å². The Bertz CT molecular complexity index is 839. The van der Waals surface area contributed by atoms with E-state index in [0.717, 1.165) is 0 Å². The molecular formula is C15H17F3N4O3. The summed E-state index contributed by atoms with van der Waals surface area (Å²) in [6.07, 6.45) is -4.52. The molecule has 0 radical (unpaired) electrons. The third kappa shape index (κ3) is 4.61. The van der Waals surface area contributed by atoms with Crippen molar-refractivity contribution in [2.24, 2.45) is 0 Å². The van der Waals surface area contributed by atoms with Gasteiger partial charge in [-0.3, -0.25) is 18.7 Å². The number of imidazole rings is 1. The number of rotatable bonds is 6. The van der Waals surface area contributed by atoms with Gasteiger partial charge in [0.2, 0.25) is 11.8 Å². The molecule has 2 N–H and O–H groups in total. The van der Waals surface area contributed by atoms with Crippen molar-refractivity contribution in [3.63, 3.8) is 0 Å². The molecule has 7 nitrogen and oxygen atoms in total. The zero-order chi connectivity index (χ0) is 18.6. The Balaban J connectivity index is 2.02. The minimum Gasteiger partial charge on any atom is -0.345 e. The van der Waals surface area contributed by atoms with Gasteiger partial charge in [0.15, 0.2) is 0 Å². The first-order valence-electron chi connectivity index (χ1n) is 7.51. The Kier molecular flexibility index (Phi) is 5.50. The molecule has 25 heavy (non-hydrogen) atoms. The molecule has 2 rings (SSSR count). The monoisotopic (exact) mass is 358 g/mol. The predicted molar refractivity (Wildman–Crippen MR) is 83.9 cm³/mol. The number of carbonyl (C=O) groups excluding carboxylic acids is 2. The van der Waals surface area contributed by atoms with E-state index in [1.54, 1.807) is 36.5 Å². The minimum absolute atomic E-state index is 0.334. The highest BCUT2D eigenvalue weighted by Crippen LogP contribution is 2.13. The first-order valence-corrected chi connectivity index (χ1v) is 7.51. The zero-order valence-corrected chi connectivity index (χ0v) is 13.4. The van der Waals surface area contributed by atoms with Crippen LogP contribution >= 0.6 is 0 Å². The molecule has 1 heterocycles. The van der Waals surface area contributed by atoms with Crippen LogP contribution in [-0.4, -0.2) is 40.2 Å². The lowest BCUT2D eigenvalue weighted by molar-refractivity contribution is -0.138. The summed E-state index contributed by atoms with van der Waals surface area (Å²) in [6.45, 7) is -0.183. The lowest BCUT2D eigenvalue weighted by atomic mass is 10.3. The largest absolute Gasteiger partial charge is 0.405 e. The molecule has 2 aromatic rings. The summed E-state index contributed by atoms with van der Waals surface area (Å²) in [5.41, 5.74) is 0.858. The number of amides is 2. The third-order valence-corrected chi connectivity index (χ3v) is 3.48. The van der Waals surface area contributed by atoms with Gasteiger partial charge in [-0.1, -0.05) is 12.1 Å². The number of fused-ring (bicyclic) bond motifs is 1. The van der Waals surface area contributed by atoms with Gasteiger partial charge in [-0.2, -0.15) is 13.2 Å². The number of aromatic nitrogens is 2. The summed E-state index contributed by atoms with van der Waals surface area (Å²) in [7, 11) is 0. The van der Waals surface area contributed by atoms with Gasteiger partial charge < -0.3 is 10.6 Å². The number of aryl methyl sites for hydroxylation is 1. The SMILES string of the molecule is CCn1c(=O)n(CC(=O)NCC(=O)NCC(F)(F)F)c2ccccc21. The van der Waals surface area contributed by atoms with E-state index < -0.39 is 31.1 Å². The van der Waals surface area contributed by atoms with Crippen LogP contribution in [0, 0.1) is 0 Å². The molecule has 1 aromatic carbocycles. The number of benzene rings is 1. The van der Waals surface area contributed by atoms with Crippen LogP contribution in [0.4, 0.5) is 13.2 Å². The Morgan fingerprint density at radius 1 is 1.04 bits per heavy atom. The topological polar surface area (TPSA) is 85.1 Å². The minimum atomic E-state index is -4.52. The zero-order valence-electron chi connectivity index (χ0n) is 13.4. The molecule has 10 heteroatoms. The van der Waals surface area contributed by atoms with Crippen LogP contribution in [0.1, 0.15) is 6.92 Å². The molecule has 0 atom stereocenters. The maximum Gasteiger partial charge on any atom is 0.405 e. The average molecular weight is 358 g/mol. The maximum absolute atomic E-state index is 12.3. The number of halogens is 3. The van der Waals surface area contributed by atoms with Gasteiger partial charge in [0.25, 0.3) is 0 Å². The molecular weight excluding hydrogens is 341 g/mol. The number of carbonyl (C=O) groups is 2. The van der Waals surface area contributed by atoms with Crippen molar-refractivity contribution in [2.45, 2.75) is 26.2 Å². The normalized spacial score (nSPS) is 11.5. The molecule has 1 aromatic heterocycles. The second-order valence-electron chi connectivity index (χ2n) is 5.27. The number of nitrogens with zero attached hydrogens (tertiary/aromatic N) is 2. The van der Waals surface area contributed by atoms with Crippen LogP contribution in [0.3, 0.4) is 0 Å². The molecule has 0 fully saturated rings. The maximum atomic E-state index is 12.3. The van der Waals surface area contributed by atoms with E-state index in [-0.39, 0.29) is 12.2 Å². The van der Waals surface area contributed by atoms with Gasteiger partial charge in [0.05, 0.1) is 17.6 Å². The fourth-order valence-electron chi connectivity index (χ4n) is 2.37. The lowest BCUT2D eigenvalue weighted by Crippen LogP contribution is -2.42. The van der Waals surface area contributed by atoms with Crippen LogP contribution in [-0.2, 0) is 22.7 Å². The second kappa shape index (κ2) is 7.41. The lowest BCUT2D eigenvalue weighted by Gasteiger charge is -2.09. The van der Waals surface area contributed by atoms with Crippen LogP contribution in [0.2, 0.25) is 0 Å². The third-order valence-electron chi connectivity index (χ3n) is 3.48. The molecule has 0 unspecified atom stereocenters. The summed E-state index contributed by atoms with van der Waals surface area (Å²) >= 11 is 0. The molecule has 0 saturated carbocycles. The summed E-state index contributed by atoms with van der Waals surface area (Å²) in [4.78, 5) is 35.6. The first-order chi connectivity index (χ1) is 11.7. The Hall–Kier alpha value is -2.78. The van der Waals surface area contributed by atoms with Gasteiger partial charge in [0, 0.05) is 6.54 Å². The van der Waals surface area contributed by atoms with Crippen LogP contribution < -0.4 is 16.3 Å². The van der Waals surface area contributed by atoms with E-state index in [1.807, 2.05) is 0 Å². The van der Waals surface area contributed by atoms with Crippen molar-refractivity contribution < 1.29 is 22.8 Å². The fourth-order valence-corrected chi connectivity index (χ4v) is 2.37. The highest BCUT2D eigenvalue weighted by atomic mass is 19.4. The number of hydrogen-bond donors (Lipinski definition) is 2. The van der Waals surface area contributed by atoms with Gasteiger partial charge in [-0.25, -0.2) is 4.79 Å². The van der Waals surface area contributed by atoms with Gasteiger partial charge in [0.1, 0.15) is 13.1 Å². The molecule has 0 aliphatic carbocycles. The van der Waals surface area contributed by atoms with Crippen molar-refractivity contribution in [3.05, 3.63) is 34.7 Å². The van der Waals surface area contributed by atoms with Crippen LogP contribution in [0.25, 0.3) is 11.0 Å². The molecule has 2 amide bonds. The summed E-state index contributed by atoms with van der Waals surface area (Å²) < 4.78 is 38.7. The number of hydrogen-bond acceptors (Lipinski definition) is 3. The van der Waals surface area contributed by atoms with Gasteiger partial charge in [-0.15, -0.1) is 0 Å². The van der Waals surface area contributed by atoms with Crippen molar-refractivity contribution in [3.8, 4) is 0 Å². The van der Waals surface area contributed by atoms with Gasteiger partial charge >= 0.3 is 11.9 Å². The second-order valence-corrected chi connectivity index (χ2v) is 5.27. The average Bonchev–Trinajstić information content (AvgIpc) is 2.82. The summed E-state index contributed by atoms with van der Waals surface area (Å²) in [5, 5.41) is 3.84. The quantitative estimate of drug-likeness (QED) is 0.794. The van der Waals surface area contributed by atoms with E-state index in [2.05, 4.69) is 5.32 Å².